The fraction of sp³-hybridized carbons (Fsp3) is 0.250. The van der Waals surface area contributed by atoms with Gasteiger partial charge in [-0.15, -0.1) is 0 Å². The van der Waals surface area contributed by atoms with Crippen molar-refractivity contribution < 1.29 is 4.79 Å². The summed E-state index contributed by atoms with van der Waals surface area (Å²) in [5.74, 6) is 0.902. The Morgan fingerprint density at radius 3 is 2.66 bits per heavy atom. The molecule has 0 bridgehead atoms. The molecule has 0 saturated heterocycles. The Hall–Kier alpha value is -3.34. The number of benzene rings is 2. The van der Waals surface area contributed by atoms with Crippen molar-refractivity contribution in [2.45, 2.75) is 19.5 Å². The molecule has 0 spiro atoms. The first-order valence-corrected chi connectivity index (χ1v) is 9.92. The molecule has 0 saturated carbocycles. The van der Waals surface area contributed by atoms with Crippen LogP contribution in [0.15, 0.2) is 66.9 Å². The smallest absolute Gasteiger partial charge is 0.251 e. The number of rotatable bonds is 5. The maximum Gasteiger partial charge on any atom is 0.251 e. The molecule has 1 N–H and O–H groups in total. The third-order valence-corrected chi connectivity index (χ3v) is 5.34. The lowest BCUT2D eigenvalue weighted by molar-refractivity contribution is 0.0951. The van der Waals surface area contributed by atoms with Crippen LogP contribution >= 0.6 is 0 Å². The standard InChI is InChI=1S/C24H26N4O/c1-27(2)22-9-5-8-20(14-22)24(29)26-16-18-10-11-23(25-15-18)28-13-12-19-6-3-4-7-21(19)17-28/h3-11,14-15H,12-13,16-17H2,1-2H3,(H,26,29). The Kier molecular flexibility index (Phi) is 5.47. The Labute approximate surface area is 172 Å². The first-order chi connectivity index (χ1) is 14.1. The van der Waals surface area contributed by atoms with Crippen LogP contribution < -0.4 is 15.1 Å². The predicted molar refractivity (Wildman–Crippen MR) is 117 cm³/mol. The number of hydrogen-bond acceptors (Lipinski definition) is 4. The minimum atomic E-state index is -0.0783. The van der Waals surface area contributed by atoms with Gasteiger partial charge in [0.05, 0.1) is 0 Å². The Balaban J connectivity index is 1.36. The first kappa shape index (κ1) is 19.0. The molecule has 5 nitrogen and oxygen atoms in total. The Morgan fingerprint density at radius 2 is 1.90 bits per heavy atom. The number of aromatic nitrogens is 1. The van der Waals surface area contributed by atoms with Gasteiger partial charge in [0.2, 0.25) is 0 Å². The largest absolute Gasteiger partial charge is 0.378 e. The molecule has 29 heavy (non-hydrogen) atoms. The van der Waals surface area contributed by atoms with Crippen molar-refractivity contribution in [3.8, 4) is 0 Å². The van der Waals surface area contributed by atoms with E-state index in [1.807, 2.05) is 61.6 Å². The van der Waals surface area contributed by atoms with Gasteiger partial charge in [-0.1, -0.05) is 36.4 Å². The summed E-state index contributed by atoms with van der Waals surface area (Å²) < 4.78 is 0. The van der Waals surface area contributed by atoms with Crippen LogP contribution in [-0.4, -0.2) is 31.5 Å². The first-order valence-electron chi connectivity index (χ1n) is 9.92. The van der Waals surface area contributed by atoms with Crippen LogP contribution in [0.25, 0.3) is 0 Å². The SMILES string of the molecule is CN(C)c1cccc(C(=O)NCc2ccc(N3CCc4ccccc4C3)nc2)c1. The van der Waals surface area contributed by atoms with Gasteiger partial charge in [0.25, 0.3) is 5.91 Å². The van der Waals surface area contributed by atoms with E-state index < -0.39 is 0 Å². The number of carbonyl (C=O) groups excluding carboxylic acids is 1. The van der Waals surface area contributed by atoms with Crippen LogP contribution in [0, 0.1) is 0 Å². The van der Waals surface area contributed by atoms with Gasteiger partial charge in [-0.2, -0.15) is 0 Å². The zero-order valence-corrected chi connectivity index (χ0v) is 16.9. The predicted octanol–water partition coefficient (Wildman–Crippen LogP) is 3.64. The van der Waals surface area contributed by atoms with Gasteiger partial charge >= 0.3 is 0 Å². The zero-order valence-electron chi connectivity index (χ0n) is 16.9. The summed E-state index contributed by atoms with van der Waals surface area (Å²) in [5.41, 5.74) is 5.46. The maximum absolute atomic E-state index is 12.5. The highest BCUT2D eigenvalue weighted by Crippen LogP contribution is 2.23. The minimum Gasteiger partial charge on any atom is -0.378 e. The van der Waals surface area contributed by atoms with Crippen LogP contribution in [0.5, 0.6) is 0 Å². The number of fused-ring (bicyclic) bond motifs is 1. The number of nitrogens with zero attached hydrogens (tertiary/aromatic N) is 3. The molecule has 148 valence electrons. The zero-order chi connectivity index (χ0) is 20.2. The summed E-state index contributed by atoms with van der Waals surface area (Å²) in [5, 5.41) is 2.98. The quantitative estimate of drug-likeness (QED) is 0.727. The second-order valence-corrected chi connectivity index (χ2v) is 7.59. The maximum atomic E-state index is 12.5. The van der Waals surface area contributed by atoms with E-state index in [9.17, 15) is 4.79 Å². The molecular weight excluding hydrogens is 360 g/mol. The molecule has 0 atom stereocenters. The van der Waals surface area contributed by atoms with Crippen LogP contribution in [0.4, 0.5) is 11.5 Å². The average Bonchev–Trinajstić information content (AvgIpc) is 2.77. The summed E-state index contributed by atoms with van der Waals surface area (Å²) in [7, 11) is 3.93. The van der Waals surface area contributed by atoms with E-state index >= 15 is 0 Å². The van der Waals surface area contributed by atoms with Crippen molar-refractivity contribution in [3.05, 3.63) is 89.1 Å². The average molecular weight is 386 g/mol. The van der Waals surface area contributed by atoms with Crippen molar-refractivity contribution in [2.24, 2.45) is 0 Å². The molecule has 1 aliphatic heterocycles. The number of anilines is 2. The molecule has 2 heterocycles. The summed E-state index contributed by atoms with van der Waals surface area (Å²) in [6.45, 7) is 2.32. The Bertz CT molecular complexity index is 998. The van der Waals surface area contributed by atoms with Gasteiger partial charge < -0.3 is 15.1 Å². The summed E-state index contributed by atoms with van der Waals surface area (Å²) in [6, 6.07) is 20.3. The van der Waals surface area contributed by atoms with Crippen LogP contribution in [0.2, 0.25) is 0 Å². The molecule has 1 aromatic heterocycles. The highest BCUT2D eigenvalue weighted by Gasteiger charge is 2.16. The number of amides is 1. The Morgan fingerprint density at radius 1 is 1.07 bits per heavy atom. The van der Waals surface area contributed by atoms with Crippen molar-refractivity contribution in [1.82, 2.24) is 10.3 Å². The molecule has 0 fully saturated rings. The lowest BCUT2D eigenvalue weighted by atomic mass is 10.00. The van der Waals surface area contributed by atoms with Gasteiger partial charge in [-0.3, -0.25) is 4.79 Å². The van der Waals surface area contributed by atoms with Crippen molar-refractivity contribution >= 4 is 17.4 Å². The number of hydrogen-bond donors (Lipinski definition) is 1. The number of nitrogens with one attached hydrogen (secondary N) is 1. The van der Waals surface area contributed by atoms with Crippen molar-refractivity contribution in [3.63, 3.8) is 0 Å². The van der Waals surface area contributed by atoms with E-state index in [4.69, 9.17) is 0 Å². The van der Waals surface area contributed by atoms with E-state index in [0.29, 0.717) is 12.1 Å². The van der Waals surface area contributed by atoms with E-state index in [1.165, 1.54) is 11.1 Å². The van der Waals surface area contributed by atoms with E-state index in [0.717, 1.165) is 36.6 Å². The van der Waals surface area contributed by atoms with Gasteiger partial charge in [0.15, 0.2) is 0 Å². The minimum absolute atomic E-state index is 0.0783. The van der Waals surface area contributed by atoms with Crippen LogP contribution in [-0.2, 0) is 19.5 Å². The van der Waals surface area contributed by atoms with Crippen LogP contribution in [0.3, 0.4) is 0 Å². The molecule has 0 radical (unpaired) electrons. The van der Waals surface area contributed by atoms with Gasteiger partial charge in [-0.05, 0) is 47.4 Å². The van der Waals surface area contributed by atoms with Crippen molar-refractivity contribution in [1.29, 1.82) is 0 Å². The van der Waals surface area contributed by atoms with Crippen LogP contribution in [0.1, 0.15) is 27.0 Å². The van der Waals surface area contributed by atoms with Gasteiger partial charge in [0.1, 0.15) is 5.82 Å². The monoisotopic (exact) mass is 386 g/mol. The normalized spacial score (nSPS) is 13.0. The molecular formula is C24H26N4O. The molecule has 4 rings (SSSR count). The summed E-state index contributed by atoms with van der Waals surface area (Å²) in [6.07, 6.45) is 2.90. The topological polar surface area (TPSA) is 48.5 Å². The molecule has 1 aliphatic rings. The highest BCUT2D eigenvalue weighted by molar-refractivity contribution is 5.95. The number of pyridine rings is 1. The van der Waals surface area contributed by atoms with E-state index in [1.54, 1.807) is 0 Å². The second kappa shape index (κ2) is 8.35. The highest BCUT2D eigenvalue weighted by atomic mass is 16.1. The van der Waals surface area contributed by atoms with E-state index in [2.05, 4.69) is 39.5 Å². The lowest BCUT2D eigenvalue weighted by Gasteiger charge is -2.29. The summed E-state index contributed by atoms with van der Waals surface area (Å²) >= 11 is 0. The molecule has 3 aromatic rings. The molecule has 5 heteroatoms. The third-order valence-electron chi connectivity index (χ3n) is 5.34. The van der Waals surface area contributed by atoms with Gasteiger partial charge in [0, 0.05) is 51.2 Å². The molecule has 0 aliphatic carbocycles. The molecule has 1 amide bonds. The number of carbonyl (C=O) groups is 1. The fourth-order valence-electron chi connectivity index (χ4n) is 3.61. The van der Waals surface area contributed by atoms with Gasteiger partial charge in [-0.25, -0.2) is 4.98 Å². The lowest BCUT2D eigenvalue weighted by Crippen LogP contribution is -2.31. The van der Waals surface area contributed by atoms with E-state index in [-0.39, 0.29) is 5.91 Å². The van der Waals surface area contributed by atoms with Crippen molar-refractivity contribution in [2.75, 3.05) is 30.4 Å². The third kappa shape index (κ3) is 4.40. The molecule has 0 unspecified atom stereocenters. The second-order valence-electron chi connectivity index (χ2n) is 7.59. The summed E-state index contributed by atoms with van der Waals surface area (Å²) in [4.78, 5) is 21.4. The molecule has 2 aromatic carbocycles. The fourth-order valence-corrected chi connectivity index (χ4v) is 3.61.